The summed E-state index contributed by atoms with van der Waals surface area (Å²) in [6, 6.07) is 5.67. The van der Waals surface area contributed by atoms with E-state index in [0.717, 1.165) is 11.1 Å². The molecule has 20 heavy (non-hydrogen) atoms. The first-order valence-electron chi connectivity index (χ1n) is 6.48. The zero-order valence-corrected chi connectivity index (χ0v) is 13.3. The lowest BCUT2D eigenvalue weighted by atomic mass is 10.1. The Hall–Kier alpha value is -1.40. The highest BCUT2D eigenvalue weighted by atomic mass is 32.2. The number of benzene rings is 1. The molecule has 0 fully saturated rings. The first-order chi connectivity index (χ1) is 9.21. The van der Waals surface area contributed by atoms with Crippen LogP contribution in [0.25, 0.3) is 0 Å². The van der Waals surface area contributed by atoms with E-state index in [1.807, 2.05) is 32.0 Å². The Balaban J connectivity index is 2.45. The van der Waals surface area contributed by atoms with Crippen molar-refractivity contribution in [1.82, 2.24) is 9.62 Å². The summed E-state index contributed by atoms with van der Waals surface area (Å²) in [5.41, 5.74) is 2.72. The lowest BCUT2D eigenvalue weighted by Gasteiger charge is -2.14. The number of amides is 1. The molecule has 1 aromatic rings. The van der Waals surface area contributed by atoms with Crippen LogP contribution < -0.4 is 5.32 Å². The fourth-order valence-corrected chi connectivity index (χ4v) is 2.29. The summed E-state index contributed by atoms with van der Waals surface area (Å²) < 4.78 is 23.7. The van der Waals surface area contributed by atoms with Crippen molar-refractivity contribution in [1.29, 1.82) is 0 Å². The summed E-state index contributed by atoms with van der Waals surface area (Å²) >= 11 is 0. The Bertz CT molecular complexity index is 582. The maximum atomic E-state index is 12.0. The number of nitrogens with one attached hydrogen (secondary N) is 1. The van der Waals surface area contributed by atoms with Gasteiger partial charge in [-0.25, -0.2) is 12.7 Å². The molecule has 1 rings (SSSR count). The van der Waals surface area contributed by atoms with Crippen LogP contribution in [0.3, 0.4) is 0 Å². The molecular formula is C14H22N2O3S. The second-order valence-electron chi connectivity index (χ2n) is 5.01. The highest BCUT2D eigenvalue weighted by Crippen LogP contribution is 2.10. The van der Waals surface area contributed by atoms with Gasteiger partial charge in [0.15, 0.2) is 0 Å². The van der Waals surface area contributed by atoms with Crippen molar-refractivity contribution in [3.05, 3.63) is 34.9 Å². The van der Waals surface area contributed by atoms with E-state index in [0.29, 0.717) is 25.1 Å². The van der Waals surface area contributed by atoms with Gasteiger partial charge in [-0.05, 0) is 31.9 Å². The molecule has 1 aromatic carbocycles. The van der Waals surface area contributed by atoms with Gasteiger partial charge in [-0.1, -0.05) is 17.7 Å². The predicted octanol–water partition coefficient (Wildman–Crippen LogP) is 1.31. The van der Waals surface area contributed by atoms with E-state index >= 15 is 0 Å². The van der Waals surface area contributed by atoms with Crippen molar-refractivity contribution in [2.75, 3.05) is 26.4 Å². The molecule has 0 spiro atoms. The third-order valence-electron chi connectivity index (χ3n) is 3.13. The van der Waals surface area contributed by atoms with E-state index in [-0.39, 0.29) is 5.91 Å². The molecule has 112 valence electrons. The number of nitrogens with zero attached hydrogens (tertiary/aromatic N) is 1. The minimum atomic E-state index is -3.15. The van der Waals surface area contributed by atoms with Crippen LogP contribution >= 0.6 is 0 Å². The van der Waals surface area contributed by atoms with Crippen LogP contribution in [0.15, 0.2) is 18.2 Å². The van der Waals surface area contributed by atoms with E-state index in [2.05, 4.69) is 5.32 Å². The summed E-state index contributed by atoms with van der Waals surface area (Å²) in [4.78, 5) is 12.0. The van der Waals surface area contributed by atoms with Gasteiger partial charge >= 0.3 is 0 Å². The number of hydrogen-bond acceptors (Lipinski definition) is 3. The number of sulfonamides is 1. The highest BCUT2D eigenvalue weighted by Gasteiger charge is 2.11. The molecular weight excluding hydrogens is 276 g/mol. The van der Waals surface area contributed by atoms with Crippen molar-refractivity contribution in [2.45, 2.75) is 20.3 Å². The highest BCUT2D eigenvalue weighted by molar-refractivity contribution is 7.88. The summed E-state index contributed by atoms with van der Waals surface area (Å²) in [7, 11) is -1.62. The summed E-state index contributed by atoms with van der Waals surface area (Å²) in [5.74, 6) is -0.121. The summed E-state index contributed by atoms with van der Waals surface area (Å²) in [6.07, 6.45) is 1.75. The molecule has 0 aliphatic carbocycles. The first kappa shape index (κ1) is 16.7. The van der Waals surface area contributed by atoms with E-state index in [1.54, 1.807) is 0 Å². The number of rotatable bonds is 6. The molecule has 0 radical (unpaired) electrons. The van der Waals surface area contributed by atoms with Crippen LogP contribution in [-0.2, 0) is 10.0 Å². The Morgan fingerprint density at radius 2 is 1.95 bits per heavy atom. The molecule has 0 aliphatic rings. The van der Waals surface area contributed by atoms with E-state index in [1.165, 1.54) is 17.6 Å². The van der Waals surface area contributed by atoms with Crippen LogP contribution in [-0.4, -0.2) is 45.0 Å². The van der Waals surface area contributed by atoms with Crippen molar-refractivity contribution in [3.8, 4) is 0 Å². The van der Waals surface area contributed by atoms with Crippen molar-refractivity contribution in [3.63, 3.8) is 0 Å². The van der Waals surface area contributed by atoms with Crippen LogP contribution in [0.2, 0.25) is 0 Å². The van der Waals surface area contributed by atoms with E-state index in [9.17, 15) is 13.2 Å². The number of carbonyl (C=O) groups excluding carboxylic acids is 1. The van der Waals surface area contributed by atoms with Gasteiger partial charge in [0.2, 0.25) is 10.0 Å². The Morgan fingerprint density at radius 3 is 2.50 bits per heavy atom. The monoisotopic (exact) mass is 298 g/mol. The lowest BCUT2D eigenvalue weighted by molar-refractivity contribution is 0.0952. The zero-order valence-electron chi connectivity index (χ0n) is 12.4. The van der Waals surface area contributed by atoms with Gasteiger partial charge in [0.05, 0.1) is 6.26 Å². The Kier molecular flexibility index (Phi) is 5.71. The molecule has 0 unspecified atom stereocenters. The standard InChI is InChI=1S/C14H22N2O3S/c1-11-6-7-13(12(2)10-11)14(17)15-8-5-9-16(3)20(4,18)19/h6-7,10H,5,8-9H2,1-4H3,(H,15,17). The number of carbonyl (C=O) groups is 1. The van der Waals surface area contributed by atoms with Gasteiger partial charge in [-0.15, -0.1) is 0 Å². The molecule has 1 amide bonds. The van der Waals surface area contributed by atoms with Gasteiger partial charge < -0.3 is 5.32 Å². The fraction of sp³-hybridized carbons (Fsp3) is 0.500. The fourth-order valence-electron chi connectivity index (χ4n) is 1.83. The van der Waals surface area contributed by atoms with Crippen LogP contribution in [0.1, 0.15) is 27.9 Å². The third kappa shape index (κ3) is 4.94. The molecule has 0 aromatic heterocycles. The average Bonchev–Trinajstić information content (AvgIpc) is 2.32. The average molecular weight is 298 g/mol. The van der Waals surface area contributed by atoms with Crippen molar-refractivity contribution in [2.24, 2.45) is 0 Å². The number of aryl methyl sites for hydroxylation is 2. The van der Waals surface area contributed by atoms with Gasteiger partial charge in [-0.3, -0.25) is 4.79 Å². The summed E-state index contributed by atoms with van der Waals surface area (Å²) in [6.45, 7) is 4.73. The maximum Gasteiger partial charge on any atom is 0.251 e. The number of hydrogen-bond donors (Lipinski definition) is 1. The normalized spacial score (nSPS) is 11.7. The third-order valence-corrected chi connectivity index (χ3v) is 4.44. The second-order valence-corrected chi connectivity index (χ2v) is 7.10. The smallest absolute Gasteiger partial charge is 0.251 e. The minimum Gasteiger partial charge on any atom is -0.352 e. The minimum absolute atomic E-state index is 0.121. The molecule has 0 aliphatic heterocycles. The lowest BCUT2D eigenvalue weighted by Crippen LogP contribution is -2.31. The summed E-state index contributed by atoms with van der Waals surface area (Å²) in [5, 5.41) is 2.81. The van der Waals surface area contributed by atoms with E-state index < -0.39 is 10.0 Å². The van der Waals surface area contributed by atoms with E-state index in [4.69, 9.17) is 0 Å². The van der Waals surface area contributed by atoms with Crippen molar-refractivity contribution >= 4 is 15.9 Å². The van der Waals surface area contributed by atoms with Crippen molar-refractivity contribution < 1.29 is 13.2 Å². The second kappa shape index (κ2) is 6.85. The van der Waals surface area contributed by atoms with Crippen LogP contribution in [0.5, 0.6) is 0 Å². The largest absolute Gasteiger partial charge is 0.352 e. The first-order valence-corrected chi connectivity index (χ1v) is 8.33. The van der Waals surface area contributed by atoms with Crippen LogP contribution in [0, 0.1) is 13.8 Å². The topological polar surface area (TPSA) is 66.5 Å². The Labute approximate surface area is 121 Å². The quantitative estimate of drug-likeness (QED) is 0.805. The molecule has 0 bridgehead atoms. The molecule has 0 saturated heterocycles. The SMILES string of the molecule is Cc1ccc(C(=O)NCCCN(C)S(C)(=O)=O)c(C)c1. The molecule has 0 heterocycles. The molecule has 0 atom stereocenters. The molecule has 0 saturated carbocycles. The van der Waals surface area contributed by atoms with Gasteiger partial charge in [-0.2, -0.15) is 0 Å². The zero-order chi connectivity index (χ0) is 15.3. The van der Waals surface area contributed by atoms with Crippen LogP contribution in [0.4, 0.5) is 0 Å². The maximum absolute atomic E-state index is 12.0. The molecule has 1 N–H and O–H groups in total. The molecule has 6 heteroatoms. The van der Waals surface area contributed by atoms with Gasteiger partial charge in [0.25, 0.3) is 5.91 Å². The van der Waals surface area contributed by atoms with Gasteiger partial charge in [0, 0.05) is 25.7 Å². The Morgan fingerprint density at radius 1 is 1.30 bits per heavy atom. The molecule has 5 nitrogen and oxygen atoms in total. The van der Waals surface area contributed by atoms with Gasteiger partial charge in [0.1, 0.15) is 0 Å². The predicted molar refractivity (Wildman–Crippen MR) is 80.3 cm³/mol.